The number of aromatic nitrogens is 2. The summed E-state index contributed by atoms with van der Waals surface area (Å²) in [5.41, 5.74) is 0.122. The summed E-state index contributed by atoms with van der Waals surface area (Å²) < 4.78 is 4.66. The average molecular weight is 170 g/mol. The second-order valence-corrected chi connectivity index (χ2v) is 2.25. The molecule has 0 aliphatic rings. The van der Waals surface area contributed by atoms with Gasteiger partial charge in [0.05, 0.1) is 13.0 Å². The highest BCUT2D eigenvalue weighted by Gasteiger charge is 2.07. The van der Waals surface area contributed by atoms with Crippen molar-refractivity contribution in [3.63, 3.8) is 0 Å². The summed E-state index contributed by atoms with van der Waals surface area (Å²) in [7, 11) is 0. The average Bonchev–Trinajstić information content (AvgIpc) is 2.37. The lowest BCUT2D eigenvalue weighted by Gasteiger charge is -1.97. The van der Waals surface area contributed by atoms with Crippen molar-refractivity contribution in [3.8, 4) is 0 Å². The Kier molecular flexibility index (Phi) is 2.68. The molecule has 0 saturated carbocycles. The van der Waals surface area contributed by atoms with Gasteiger partial charge in [0.2, 0.25) is 0 Å². The predicted octanol–water partition coefficient (Wildman–Crippen LogP) is -0.191. The number of hydrogen-bond acceptors (Lipinski definition) is 3. The molecule has 0 aliphatic heterocycles. The molecule has 5 heteroatoms. The Morgan fingerprint density at radius 2 is 2.42 bits per heavy atom. The fourth-order valence-corrected chi connectivity index (χ4v) is 0.833. The molecule has 1 aromatic heterocycles. The van der Waals surface area contributed by atoms with Crippen LogP contribution in [-0.2, 0) is 16.0 Å². The number of hydrogen-bond donors (Lipinski definition) is 2. The van der Waals surface area contributed by atoms with Crippen LogP contribution in [0.3, 0.4) is 0 Å². The first-order chi connectivity index (χ1) is 5.74. The monoisotopic (exact) mass is 170 g/mol. The minimum absolute atomic E-state index is 0.0205. The third kappa shape index (κ3) is 1.98. The first kappa shape index (κ1) is 8.58. The van der Waals surface area contributed by atoms with Crippen LogP contribution in [0.1, 0.15) is 12.5 Å². The quantitative estimate of drug-likeness (QED) is 0.617. The molecule has 0 radical (unpaired) electrons. The van der Waals surface area contributed by atoms with Crippen LogP contribution in [0.4, 0.5) is 0 Å². The molecule has 0 saturated heterocycles. The van der Waals surface area contributed by atoms with Crippen molar-refractivity contribution in [2.24, 2.45) is 0 Å². The number of carbonyl (C=O) groups excluding carboxylic acids is 1. The number of nitrogens with one attached hydrogen (secondary N) is 2. The fraction of sp³-hybridized carbons (Fsp3) is 0.429. The van der Waals surface area contributed by atoms with Crippen molar-refractivity contribution < 1.29 is 9.53 Å². The topological polar surface area (TPSA) is 75.0 Å². The second kappa shape index (κ2) is 3.75. The van der Waals surface area contributed by atoms with Crippen LogP contribution in [0.2, 0.25) is 0 Å². The van der Waals surface area contributed by atoms with E-state index in [0.29, 0.717) is 12.2 Å². The Labute approximate surface area is 68.7 Å². The van der Waals surface area contributed by atoms with Crippen molar-refractivity contribution in [1.29, 1.82) is 0 Å². The molecule has 0 aliphatic carbocycles. The van der Waals surface area contributed by atoms with Crippen LogP contribution in [0.15, 0.2) is 11.0 Å². The standard InChI is InChI=1S/C7H10N2O3/c1-2-12-6(10)3-5-4-8-9-7(5)11/h4H,2-3H2,1H3,(H2,8,9,11). The van der Waals surface area contributed by atoms with Gasteiger partial charge in [0.25, 0.3) is 5.56 Å². The number of ether oxygens (including phenoxy) is 1. The molecule has 0 aromatic carbocycles. The normalized spacial score (nSPS) is 9.75. The highest BCUT2D eigenvalue weighted by atomic mass is 16.5. The van der Waals surface area contributed by atoms with Crippen molar-refractivity contribution in [1.82, 2.24) is 10.2 Å². The summed E-state index contributed by atoms with van der Waals surface area (Å²) in [5, 5.41) is 4.83. The lowest BCUT2D eigenvalue weighted by atomic mass is 10.2. The van der Waals surface area contributed by atoms with Gasteiger partial charge in [-0.1, -0.05) is 0 Å². The largest absolute Gasteiger partial charge is 0.466 e. The zero-order valence-corrected chi connectivity index (χ0v) is 6.72. The third-order valence-electron chi connectivity index (χ3n) is 1.36. The lowest BCUT2D eigenvalue weighted by Crippen LogP contribution is -2.13. The predicted molar refractivity (Wildman–Crippen MR) is 41.8 cm³/mol. The Bertz CT molecular complexity index is 312. The van der Waals surface area contributed by atoms with E-state index in [1.165, 1.54) is 6.20 Å². The molecule has 0 fully saturated rings. The smallest absolute Gasteiger partial charge is 0.310 e. The number of aromatic amines is 2. The summed E-state index contributed by atoms with van der Waals surface area (Å²) >= 11 is 0. The van der Waals surface area contributed by atoms with Gasteiger partial charge in [-0.15, -0.1) is 0 Å². The van der Waals surface area contributed by atoms with Crippen LogP contribution in [0.5, 0.6) is 0 Å². The number of H-pyrrole nitrogens is 2. The van der Waals surface area contributed by atoms with Gasteiger partial charge in [-0.25, -0.2) is 0 Å². The van der Waals surface area contributed by atoms with Gasteiger partial charge >= 0.3 is 5.97 Å². The van der Waals surface area contributed by atoms with Crippen molar-refractivity contribution in [3.05, 3.63) is 22.1 Å². The Hall–Kier alpha value is -1.52. The summed E-state index contributed by atoms with van der Waals surface area (Å²) in [4.78, 5) is 21.7. The van der Waals surface area contributed by atoms with Crippen molar-refractivity contribution in [2.45, 2.75) is 13.3 Å². The maximum absolute atomic E-state index is 10.9. The summed E-state index contributed by atoms with van der Waals surface area (Å²) in [6, 6.07) is 0. The van der Waals surface area contributed by atoms with E-state index in [9.17, 15) is 9.59 Å². The maximum Gasteiger partial charge on any atom is 0.310 e. The zero-order chi connectivity index (χ0) is 8.97. The van der Waals surface area contributed by atoms with Gasteiger partial charge in [0.15, 0.2) is 0 Å². The molecule has 0 spiro atoms. The van der Waals surface area contributed by atoms with Crippen molar-refractivity contribution >= 4 is 5.97 Å². The first-order valence-corrected chi connectivity index (χ1v) is 3.64. The van der Waals surface area contributed by atoms with E-state index in [4.69, 9.17) is 0 Å². The highest BCUT2D eigenvalue weighted by molar-refractivity contribution is 5.72. The van der Waals surface area contributed by atoms with Gasteiger partial charge in [0, 0.05) is 11.8 Å². The minimum Gasteiger partial charge on any atom is -0.466 e. The van der Waals surface area contributed by atoms with Crippen LogP contribution in [-0.4, -0.2) is 22.8 Å². The summed E-state index contributed by atoms with van der Waals surface area (Å²) in [6.07, 6.45) is 1.48. The second-order valence-electron chi connectivity index (χ2n) is 2.25. The third-order valence-corrected chi connectivity index (χ3v) is 1.36. The molecule has 0 unspecified atom stereocenters. The summed E-state index contributed by atoms with van der Waals surface area (Å²) in [6.45, 7) is 2.06. The Morgan fingerprint density at radius 1 is 1.67 bits per heavy atom. The minimum atomic E-state index is -0.386. The molecular weight excluding hydrogens is 160 g/mol. The lowest BCUT2D eigenvalue weighted by molar-refractivity contribution is -0.142. The van der Waals surface area contributed by atoms with E-state index in [0.717, 1.165) is 0 Å². The van der Waals surface area contributed by atoms with Gasteiger partial charge in [0.1, 0.15) is 0 Å². The number of carbonyl (C=O) groups is 1. The van der Waals surface area contributed by atoms with Gasteiger partial charge in [-0.05, 0) is 6.92 Å². The van der Waals surface area contributed by atoms with E-state index in [1.54, 1.807) is 6.92 Å². The van der Waals surface area contributed by atoms with Gasteiger partial charge < -0.3 is 9.84 Å². The first-order valence-electron chi connectivity index (χ1n) is 3.64. The van der Waals surface area contributed by atoms with Crippen LogP contribution >= 0.6 is 0 Å². The molecule has 1 rings (SSSR count). The zero-order valence-electron chi connectivity index (χ0n) is 6.72. The van der Waals surface area contributed by atoms with Gasteiger partial charge in [-0.3, -0.25) is 14.7 Å². The number of rotatable bonds is 3. The van der Waals surface area contributed by atoms with Gasteiger partial charge in [-0.2, -0.15) is 0 Å². The van der Waals surface area contributed by atoms with E-state index in [1.807, 2.05) is 0 Å². The van der Waals surface area contributed by atoms with Crippen LogP contribution < -0.4 is 5.56 Å². The van der Waals surface area contributed by atoms with E-state index < -0.39 is 0 Å². The fourth-order valence-electron chi connectivity index (χ4n) is 0.833. The molecule has 1 aromatic rings. The molecule has 5 nitrogen and oxygen atoms in total. The molecule has 0 atom stereocenters. The SMILES string of the molecule is CCOC(=O)Cc1c[nH][nH]c1=O. The molecule has 12 heavy (non-hydrogen) atoms. The number of esters is 1. The van der Waals surface area contributed by atoms with Crippen LogP contribution in [0, 0.1) is 0 Å². The maximum atomic E-state index is 10.9. The van der Waals surface area contributed by atoms with Crippen molar-refractivity contribution in [2.75, 3.05) is 6.61 Å². The van der Waals surface area contributed by atoms with E-state index in [2.05, 4.69) is 14.9 Å². The van der Waals surface area contributed by atoms with Crippen LogP contribution in [0.25, 0.3) is 0 Å². The molecule has 1 heterocycles. The Morgan fingerprint density at radius 3 is 2.92 bits per heavy atom. The summed E-state index contributed by atoms with van der Waals surface area (Å²) in [5.74, 6) is -0.386. The molecule has 0 bridgehead atoms. The van der Waals surface area contributed by atoms with E-state index in [-0.39, 0.29) is 17.9 Å². The molecule has 66 valence electrons. The Balaban J connectivity index is 2.58. The molecule has 0 amide bonds. The molecular formula is C7H10N2O3. The molecule has 2 N–H and O–H groups in total. The van der Waals surface area contributed by atoms with E-state index >= 15 is 0 Å². The highest BCUT2D eigenvalue weighted by Crippen LogP contribution is 1.91.